The summed E-state index contributed by atoms with van der Waals surface area (Å²) in [6.07, 6.45) is 2.08. The first kappa shape index (κ1) is 18.2. The maximum Gasteiger partial charge on any atom is 0.188 e. The molecule has 0 spiro atoms. The highest BCUT2D eigenvalue weighted by Crippen LogP contribution is 2.09. The number of likely N-dealkylation sites (N-methyl/N-ethyl adjacent to an activating group) is 1. The molecule has 19 heavy (non-hydrogen) atoms. The molecule has 0 aromatic heterocycles. The maximum atomic E-state index is 5.85. The zero-order valence-electron chi connectivity index (χ0n) is 13.3. The second-order valence-electron chi connectivity index (χ2n) is 5.45. The van der Waals surface area contributed by atoms with Crippen molar-refractivity contribution in [2.75, 3.05) is 40.4 Å². The molecule has 0 aliphatic carbocycles. The van der Waals surface area contributed by atoms with Crippen molar-refractivity contribution in [2.24, 2.45) is 16.6 Å². The van der Waals surface area contributed by atoms with Gasteiger partial charge in [-0.15, -0.1) is 0 Å². The summed E-state index contributed by atoms with van der Waals surface area (Å²) in [5.74, 6) is 1.20. The SMILES string of the molecule is CCOCCCNC(N)=NCC(CC(C)C)N(C)C. The lowest BCUT2D eigenvalue weighted by molar-refractivity contribution is 0.145. The largest absolute Gasteiger partial charge is 0.382 e. The third-order valence-electron chi connectivity index (χ3n) is 2.92. The molecule has 0 aliphatic heterocycles. The topological polar surface area (TPSA) is 62.9 Å². The number of guanidine groups is 1. The van der Waals surface area contributed by atoms with Crippen LogP contribution >= 0.6 is 0 Å². The Morgan fingerprint density at radius 1 is 1.37 bits per heavy atom. The average Bonchev–Trinajstić information content (AvgIpc) is 2.33. The van der Waals surface area contributed by atoms with Gasteiger partial charge in [0.25, 0.3) is 0 Å². The minimum atomic E-state index is 0.448. The second kappa shape index (κ2) is 11.1. The predicted octanol–water partition coefficient (Wildman–Crippen LogP) is 1.29. The van der Waals surface area contributed by atoms with Gasteiger partial charge < -0.3 is 20.7 Å². The first-order chi connectivity index (χ1) is 8.97. The van der Waals surface area contributed by atoms with Crippen molar-refractivity contribution in [3.63, 3.8) is 0 Å². The summed E-state index contributed by atoms with van der Waals surface area (Å²) in [6.45, 7) is 9.56. The Balaban J connectivity index is 3.92. The van der Waals surface area contributed by atoms with Gasteiger partial charge in [-0.05, 0) is 39.8 Å². The van der Waals surface area contributed by atoms with Crippen LogP contribution in [0.4, 0.5) is 0 Å². The third-order valence-corrected chi connectivity index (χ3v) is 2.92. The van der Waals surface area contributed by atoms with Crippen LogP contribution < -0.4 is 11.1 Å². The van der Waals surface area contributed by atoms with E-state index < -0.39 is 0 Å². The van der Waals surface area contributed by atoms with E-state index in [0.717, 1.165) is 39.1 Å². The summed E-state index contributed by atoms with van der Waals surface area (Å²) < 4.78 is 5.26. The minimum Gasteiger partial charge on any atom is -0.382 e. The van der Waals surface area contributed by atoms with Crippen LogP contribution in [-0.4, -0.2) is 57.3 Å². The maximum absolute atomic E-state index is 5.85. The van der Waals surface area contributed by atoms with Crippen molar-refractivity contribution in [2.45, 2.75) is 39.7 Å². The van der Waals surface area contributed by atoms with Crippen molar-refractivity contribution >= 4 is 5.96 Å². The molecule has 5 nitrogen and oxygen atoms in total. The molecule has 0 bridgehead atoms. The van der Waals surface area contributed by atoms with E-state index in [1.807, 2.05) is 6.92 Å². The molecule has 1 unspecified atom stereocenters. The zero-order chi connectivity index (χ0) is 14.7. The van der Waals surface area contributed by atoms with Crippen molar-refractivity contribution < 1.29 is 4.74 Å². The molecule has 0 rings (SSSR count). The fourth-order valence-corrected chi connectivity index (χ4v) is 1.79. The number of aliphatic imine (C=N–C) groups is 1. The molecule has 1 atom stereocenters. The number of nitrogens with zero attached hydrogens (tertiary/aromatic N) is 2. The Morgan fingerprint density at radius 3 is 2.58 bits per heavy atom. The fourth-order valence-electron chi connectivity index (χ4n) is 1.79. The summed E-state index contributed by atoms with van der Waals surface area (Å²) in [4.78, 5) is 6.63. The Bertz CT molecular complexity index is 242. The summed E-state index contributed by atoms with van der Waals surface area (Å²) in [5, 5.41) is 3.12. The zero-order valence-corrected chi connectivity index (χ0v) is 13.3. The van der Waals surface area contributed by atoms with E-state index in [0.29, 0.717) is 17.9 Å². The highest BCUT2D eigenvalue weighted by atomic mass is 16.5. The summed E-state index contributed by atoms with van der Waals surface area (Å²) in [5.41, 5.74) is 5.85. The molecule has 0 heterocycles. The van der Waals surface area contributed by atoms with Crippen LogP contribution in [-0.2, 0) is 4.74 Å². The lowest BCUT2D eigenvalue weighted by Crippen LogP contribution is -2.36. The van der Waals surface area contributed by atoms with Crippen LogP contribution in [0, 0.1) is 5.92 Å². The number of ether oxygens (including phenoxy) is 1. The molecule has 0 amide bonds. The molecule has 0 fully saturated rings. The molecule has 5 heteroatoms. The lowest BCUT2D eigenvalue weighted by atomic mass is 10.0. The Kier molecular flexibility index (Phi) is 10.6. The molecule has 0 saturated carbocycles. The number of rotatable bonds is 10. The predicted molar refractivity (Wildman–Crippen MR) is 82.5 cm³/mol. The first-order valence-corrected chi connectivity index (χ1v) is 7.25. The van der Waals surface area contributed by atoms with Crippen molar-refractivity contribution in [3.8, 4) is 0 Å². The summed E-state index contributed by atoms with van der Waals surface area (Å²) >= 11 is 0. The fraction of sp³-hybridized carbons (Fsp3) is 0.929. The molecule has 0 aromatic rings. The Labute approximate surface area is 118 Å². The van der Waals surface area contributed by atoms with Crippen LogP contribution in [0.2, 0.25) is 0 Å². The normalized spacial score (nSPS) is 14.2. The number of nitrogens with one attached hydrogen (secondary N) is 1. The number of hydrogen-bond acceptors (Lipinski definition) is 3. The smallest absolute Gasteiger partial charge is 0.188 e. The van der Waals surface area contributed by atoms with Gasteiger partial charge in [-0.1, -0.05) is 13.8 Å². The standard InChI is InChI=1S/C14H32N4O/c1-6-19-9-7-8-16-14(15)17-11-13(18(4)5)10-12(2)3/h12-13H,6-11H2,1-5H3,(H3,15,16,17). The van der Waals surface area contributed by atoms with Gasteiger partial charge in [0, 0.05) is 25.8 Å². The van der Waals surface area contributed by atoms with Gasteiger partial charge in [0.2, 0.25) is 0 Å². The van der Waals surface area contributed by atoms with E-state index in [1.165, 1.54) is 0 Å². The van der Waals surface area contributed by atoms with Crippen molar-refractivity contribution in [3.05, 3.63) is 0 Å². The van der Waals surface area contributed by atoms with E-state index in [9.17, 15) is 0 Å². The van der Waals surface area contributed by atoms with E-state index >= 15 is 0 Å². The highest BCUT2D eigenvalue weighted by Gasteiger charge is 2.12. The van der Waals surface area contributed by atoms with Gasteiger partial charge in [0.15, 0.2) is 5.96 Å². The average molecular weight is 272 g/mol. The van der Waals surface area contributed by atoms with Crippen LogP contribution in [0.15, 0.2) is 4.99 Å². The quantitative estimate of drug-likeness (QED) is 0.357. The van der Waals surface area contributed by atoms with Crippen LogP contribution in [0.1, 0.15) is 33.6 Å². The lowest BCUT2D eigenvalue weighted by Gasteiger charge is -2.24. The molecule has 3 N–H and O–H groups in total. The van der Waals surface area contributed by atoms with E-state index in [1.54, 1.807) is 0 Å². The Hall–Kier alpha value is -0.810. The Morgan fingerprint density at radius 2 is 2.05 bits per heavy atom. The van der Waals surface area contributed by atoms with Gasteiger partial charge >= 0.3 is 0 Å². The second-order valence-corrected chi connectivity index (χ2v) is 5.45. The van der Waals surface area contributed by atoms with Crippen molar-refractivity contribution in [1.29, 1.82) is 0 Å². The van der Waals surface area contributed by atoms with Gasteiger partial charge in [0.1, 0.15) is 0 Å². The molecular weight excluding hydrogens is 240 g/mol. The molecular formula is C14H32N4O. The van der Waals surface area contributed by atoms with Gasteiger partial charge in [0.05, 0.1) is 6.54 Å². The van der Waals surface area contributed by atoms with E-state index in [-0.39, 0.29) is 0 Å². The minimum absolute atomic E-state index is 0.448. The number of nitrogens with two attached hydrogens (primary N) is 1. The van der Waals surface area contributed by atoms with Crippen molar-refractivity contribution in [1.82, 2.24) is 10.2 Å². The van der Waals surface area contributed by atoms with Crippen LogP contribution in [0.3, 0.4) is 0 Å². The number of hydrogen-bond donors (Lipinski definition) is 2. The summed E-state index contributed by atoms with van der Waals surface area (Å²) in [6, 6.07) is 0.448. The molecule has 0 aromatic carbocycles. The molecule has 0 saturated heterocycles. The first-order valence-electron chi connectivity index (χ1n) is 7.25. The van der Waals surface area contributed by atoms with Crippen LogP contribution in [0.25, 0.3) is 0 Å². The van der Waals surface area contributed by atoms with E-state index in [2.05, 4.69) is 43.2 Å². The van der Waals surface area contributed by atoms with Gasteiger partial charge in [-0.3, -0.25) is 4.99 Å². The molecule has 0 aliphatic rings. The monoisotopic (exact) mass is 272 g/mol. The summed E-state index contributed by atoms with van der Waals surface area (Å²) in [7, 11) is 4.18. The van der Waals surface area contributed by atoms with Gasteiger partial charge in [-0.25, -0.2) is 0 Å². The van der Waals surface area contributed by atoms with E-state index in [4.69, 9.17) is 10.5 Å². The third kappa shape index (κ3) is 10.8. The molecule has 0 radical (unpaired) electrons. The highest BCUT2D eigenvalue weighted by molar-refractivity contribution is 5.77. The molecule has 114 valence electrons. The van der Waals surface area contributed by atoms with Gasteiger partial charge in [-0.2, -0.15) is 0 Å². The van der Waals surface area contributed by atoms with Crippen LogP contribution in [0.5, 0.6) is 0 Å².